The van der Waals surface area contributed by atoms with Crippen molar-refractivity contribution >= 4 is 28.9 Å². The molecule has 0 radical (unpaired) electrons. The van der Waals surface area contributed by atoms with E-state index in [9.17, 15) is 14.7 Å². The van der Waals surface area contributed by atoms with Gasteiger partial charge in [0.15, 0.2) is 29.3 Å². The van der Waals surface area contributed by atoms with Crippen LogP contribution in [-0.4, -0.2) is 75.6 Å². The van der Waals surface area contributed by atoms with Crippen LogP contribution < -0.4 is 14.8 Å². The van der Waals surface area contributed by atoms with Crippen LogP contribution in [0, 0.1) is 0 Å². The van der Waals surface area contributed by atoms with Crippen LogP contribution in [0.1, 0.15) is 43.6 Å². The molecule has 13 nitrogen and oxygen atoms in total. The highest BCUT2D eigenvalue weighted by Gasteiger charge is 2.49. The molecule has 292 valence electrons. The third-order valence-electron chi connectivity index (χ3n) is 10.1. The van der Waals surface area contributed by atoms with Crippen LogP contribution in [-0.2, 0) is 19.8 Å². The van der Waals surface area contributed by atoms with Crippen molar-refractivity contribution in [2.75, 3.05) is 26.1 Å². The highest BCUT2D eigenvalue weighted by molar-refractivity contribution is 6.06. The fourth-order valence-corrected chi connectivity index (χ4v) is 7.18. The van der Waals surface area contributed by atoms with Crippen molar-refractivity contribution in [3.8, 4) is 11.5 Å². The largest absolute Gasteiger partial charge is 0.497 e. The lowest BCUT2D eigenvalue weighted by molar-refractivity contribution is -0.239. The number of esters is 1. The van der Waals surface area contributed by atoms with Crippen molar-refractivity contribution in [1.82, 2.24) is 19.5 Å². The quantitative estimate of drug-likeness (QED) is 0.102. The summed E-state index contributed by atoms with van der Waals surface area (Å²) in [4.78, 5) is 40.1. The van der Waals surface area contributed by atoms with E-state index in [0.29, 0.717) is 17.1 Å². The van der Waals surface area contributed by atoms with Crippen molar-refractivity contribution in [2.24, 2.45) is 0 Å². The Morgan fingerprint density at radius 2 is 1.28 bits per heavy atom. The summed E-state index contributed by atoms with van der Waals surface area (Å²) in [5.41, 5.74) is 2.15. The first-order chi connectivity index (χ1) is 28.4. The Hall–Kier alpha value is -6.93. The van der Waals surface area contributed by atoms with Crippen LogP contribution in [0.4, 0.5) is 5.82 Å². The van der Waals surface area contributed by atoms with Gasteiger partial charge in [-0.05, 0) is 65.2 Å². The number of methoxy groups -OCH3 is 2. The van der Waals surface area contributed by atoms with Crippen LogP contribution in [0.2, 0.25) is 0 Å². The Kier molecular flexibility index (Phi) is 10.9. The number of nitrogens with zero attached hydrogens (tertiary/aromatic N) is 4. The molecule has 7 aromatic rings. The molecular weight excluding hydrogens is 739 g/mol. The van der Waals surface area contributed by atoms with E-state index in [1.54, 1.807) is 68.8 Å². The molecule has 3 heterocycles. The Balaban J connectivity index is 1.20. The summed E-state index contributed by atoms with van der Waals surface area (Å²) in [6, 6.07) is 41.9. The second-order valence-electron chi connectivity index (χ2n) is 13.5. The zero-order valence-electron chi connectivity index (χ0n) is 31.5. The summed E-state index contributed by atoms with van der Waals surface area (Å²) >= 11 is 0. The highest BCUT2D eigenvalue weighted by atomic mass is 16.6. The van der Waals surface area contributed by atoms with Crippen LogP contribution in [0.5, 0.6) is 11.5 Å². The molecule has 0 bridgehead atoms. The van der Waals surface area contributed by atoms with Crippen LogP contribution in [0.15, 0.2) is 152 Å². The molecule has 1 aliphatic rings. The highest BCUT2D eigenvalue weighted by Crippen LogP contribution is 2.45. The van der Waals surface area contributed by atoms with Gasteiger partial charge in [0.1, 0.15) is 35.6 Å². The molecule has 2 aromatic heterocycles. The molecule has 58 heavy (non-hydrogen) atoms. The smallest absolute Gasteiger partial charge is 0.338 e. The number of carbonyl (C=O) groups excluding carboxylic acids is 2. The molecule has 1 amide bonds. The molecule has 8 rings (SSSR count). The van der Waals surface area contributed by atoms with Gasteiger partial charge in [0.2, 0.25) is 0 Å². The number of aliphatic hydroxyl groups is 1. The standard InChI is InChI=1S/C45H39N5O8/c1-54-34-22-18-32(19-23-34)45(31-16-10-5-11-17-31,33-20-24-35(55-2)25-21-33)58-36-26-56-43(38(51)39(36)57-44(53)30-14-8-4-9-15-30)50-28-48-37-40(46-27-47-41(37)50)49-42(52)29-12-6-3-7-13-29/h3-25,27-28,36,38-39,43,51H,26H2,1-2H3,(H,46,47,49,52)/t36-,38-,39-,43-/m1/s1. The molecule has 1 fully saturated rings. The molecule has 0 saturated carbocycles. The zero-order valence-corrected chi connectivity index (χ0v) is 31.5. The Morgan fingerprint density at radius 3 is 1.86 bits per heavy atom. The van der Waals surface area contributed by atoms with Gasteiger partial charge in [0.05, 0.1) is 32.7 Å². The van der Waals surface area contributed by atoms with Crippen molar-refractivity contribution in [2.45, 2.75) is 30.1 Å². The van der Waals surface area contributed by atoms with E-state index in [2.05, 4.69) is 20.3 Å². The number of aromatic nitrogens is 4. The van der Waals surface area contributed by atoms with E-state index in [1.807, 2.05) is 84.9 Å². The Morgan fingerprint density at radius 1 is 0.724 bits per heavy atom. The van der Waals surface area contributed by atoms with Crippen LogP contribution in [0.3, 0.4) is 0 Å². The number of carbonyl (C=O) groups is 2. The van der Waals surface area contributed by atoms with E-state index < -0.39 is 36.1 Å². The lowest BCUT2D eigenvalue weighted by atomic mass is 9.79. The number of hydrogen-bond donors (Lipinski definition) is 2. The number of hydrogen-bond acceptors (Lipinski definition) is 11. The number of benzene rings is 5. The molecule has 0 unspecified atom stereocenters. The molecule has 13 heteroatoms. The van der Waals surface area contributed by atoms with Gasteiger partial charge in [-0.1, -0.05) is 91.0 Å². The van der Waals surface area contributed by atoms with Crippen molar-refractivity contribution in [3.05, 3.63) is 180 Å². The maximum absolute atomic E-state index is 13.9. The second kappa shape index (κ2) is 16.7. The molecule has 1 aliphatic heterocycles. The van der Waals surface area contributed by atoms with Gasteiger partial charge in [-0.2, -0.15) is 0 Å². The van der Waals surface area contributed by atoms with E-state index >= 15 is 0 Å². The van der Waals surface area contributed by atoms with Gasteiger partial charge in [-0.25, -0.2) is 19.7 Å². The number of fused-ring (bicyclic) bond motifs is 1. The topological polar surface area (TPSA) is 156 Å². The van der Waals surface area contributed by atoms with Gasteiger partial charge in [-0.3, -0.25) is 9.36 Å². The van der Waals surface area contributed by atoms with Gasteiger partial charge >= 0.3 is 5.97 Å². The first-order valence-corrected chi connectivity index (χ1v) is 18.5. The molecule has 1 saturated heterocycles. The number of nitrogens with one attached hydrogen (secondary N) is 1. The van der Waals surface area contributed by atoms with Crippen molar-refractivity contribution in [1.29, 1.82) is 0 Å². The predicted octanol–water partition coefficient (Wildman–Crippen LogP) is 6.59. The third kappa shape index (κ3) is 7.37. The molecule has 4 atom stereocenters. The fourth-order valence-electron chi connectivity index (χ4n) is 7.18. The summed E-state index contributed by atoms with van der Waals surface area (Å²) in [6.07, 6.45) is -2.28. The van der Waals surface area contributed by atoms with E-state index in [0.717, 1.165) is 16.7 Å². The van der Waals surface area contributed by atoms with Gasteiger partial charge in [-0.15, -0.1) is 0 Å². The molecule has 0 spiro atoms. The second-order valence-corrected chi connectivity index (χ2v) is 13.5. The normalized spacial score (nSPS) is 18.0. The monoisotopic (exact) mass is 777 g/mol. The summed E-state index contributed by atoms with van der Waals surface area (Å²) in [7, 11) is 3.19. The molecule has 2 N–H and O–H groups in total. The number of amides is 1. The lowest BCUT2D eigenvalue weighted by Crippen LogP contribution is -2.56. The maximum atomic E-state index is 13.9. The molecule has 5 aromatic carbocycles. The first kappa shape index (κ1) is 38.0. The number of aliphatic hydroxyl groups excluding tert-OH is 1. The summed E-state index contributed by atoms with van der Waals surface area (Å²) in [5, 5.41) is 15.2. The zero-order chi connectivity index (χ0) is 40.1. The Labute approximate surface area is 333 Å². The maximum Gasteiger partial charge on any atom is 0.338 e. The first-order valence-electron chi connectivity index (χ1n) is 18.5. The number of imidazole rings is 1. The average molecular weight is 778 g/mol. The summed E-state index contributed by atoms with van der Waals surface area (Å²) < 4.78 is 32.6. The average Bonchev–Trinajstić information content (AvgIpc) is 3.72. The minimum atomic E-state index is -1.51. The molecular formula is C45H39N5O8. The fraction of sp³-hybridized carbons (Fsp3) is 0.178. The van der Waals surface area contributed by atoms with Crippen LogP contribution >= 0.6 is 0 Å². The van der Waals surface area contributed by atoms with Gasteiger partial charge in [0.25, 0.3) is 5.91 Å². The van der Waals surface area contributed by atoms with E-state index in [4.69, 9.17) is 23.7 Å². The number of ether oxygens (including phenoxy) is 5. The van der Waals surface area contributed by atoms with Gasteiger partial charge in [0, 0.05) is 5.56 Å². The third-order valence-corrected chi connectivity index (χ3v) is 10.1. The number of anilines is 1. The minimum Gasteiger partial charge on any atom is -0.497 e. The lowest BCUT2D eigenvalue weighted by Gasteiger charge is -2.45. The van der Waals surface area contributed by atoms with E-state index in [1.165, 1.54) is 17.2 Å². The Bertz CT molecular complexity index is 2440. The molecule has 0 aliphatic carbocycles. The summed E-state index contributed by atoms with van der Waals surface area (Å²) in [6.45, 7) is -0.141. The van der Waals surface area contributed by atoms with Crippen molar-refractivity contribution < 1.29 is 38.4 Å². The van der Waals surface area contributed by atoms with E-state index in [-0.39, 0.29) is 35.1 Å². The van der Waals surface area contributed by atoms with Crippen LogP contribution in [0.25, 0.3) is 11.2 Å². The van der Waals surface area contributed by atoms with Crippen molar-refractivity contribution in [3.63, 3.8) is 0 Å². The minimum absolute atomic E-state index is 0.141. The summed E-state index contributed by atoms with van der Waals surface area (Å²) in [5.74, 6) is 0.416. The van der Waals surface area contributed by atoms with Gasteiger partial charge < -0.3 is 34.1 Å². The SMILES string of the molecule is COc1ccc(C(O[C@@H]2CO[C@@H](n3cnc4c(NC(=O)c5ccccc5)ncnc43)[C@H](O)[C@@H]2OC(=O)c2ccccc2)(c2ccccc2)c2ccc(OC)cc2)cc1. The predicted molar refractivity (Wildman–Crippen MR) is 214 cm³/mol. The number of rotatable bonds is 12.